The fourth-order valence-corrected chi connectivity index (χ4v) is 27.8. The van der Waals surface area contributed by atoms with Crippen LogP contribution in [0.25, 0.3) is 0 Å². The smallest absolute Gasteiger partial charge is 0.432 e. The zero-order chi connectivity index (χ0) is 96.2. The summed E-state index contributed by atoms with van der Waals surface area (Å²) in [5.41, 5.74) is 2.25. The van der Waals surface area contributed by atoms with E-state index in [0.717, 1.165) is 74.7 Å². The predicted octanol–water partition coefficient (Wildman–Crippen LogP) is 19.1. The number of fused-ring (bicyclic) bond motifs is 4. The van der Waals surface area contributed by atoms with Gasteiger partial charge in [0.15, 0.2) is 32.3 Å². The molecule has 34 heteroatoms. The molecule has 1 radical (unpaired) electrons. The summed E-state index contributed by atoms with van der Waals surface area (Å²) in [6.45, 7) is 32.0. The first-order valence-electron chi connectivity index (χ1n) is 43.8. The van der Waals surface area contributed by atoms with E-state index >= 15 is 0 Å². The summed E-state index contributed by atoms with van der Waals surface area (Å²) in [6.07, 6.45) is -4.04. The minimum absolute atomic E-state index is 0. The second-order valence-corrected chi connectivity index (χ2v) is 51.5. The number of carbonyl (C=O) groups is 6. The summed E-state index contributed by atoms with van der Waals surface area (Å²) in [4.78, 5) is 70.6. The molecule has 5 aromatic rings. The molecule has 0 aromatic heterocycles. The standard InChI is InChI=1S/C22H33O2S.C20H26I.2C14H17F5O5S.C12H20O2S.2C7H6O2.Cu/c1-21(2,3)15-7-9-17(10-8-15)25-18-11-12-19(25)14-16(13-18)24-20(23)22(4,5)6;1-19(2,3)15-7-11-17(12-8-15)21-18-13-9-16(10-14-18)20(4,5)6;2*15-13(16,17)10(14(18,19)25(21,22)23)24-11(20)12-4-7-1-8(5-12)3-9(2-7)6-12;1-12(2,3)11(13)14-8-6-9-4-5-10(7-8)15-9;2*8-7(9)6-4-2-1-3-5-6;/h7-10,16,18-19H,11-14H2,1-6H3;7-14H,1-6H3;2*7-10H,1-6H2,(H,21,22,23);8-10H,4-7H2,1-3H3;2*1-5H,(H,8,9);/q2*+1;;;;;;/p-2. The Morgan fingerprint density at radius 3 is 0.915 bits per heavy atom. The maximum absolute atomic E-state index is 13.5. The SMILES string of the molecule is CC(C)(C)C(=O)OC1CC2CCC(C1)S2.CC(C)(C)C(=O)OC1CC2CCC(C1)[S+]2c1ccc(C(C)(C)C)cc1.CC(C)(C)c1ccc([I+]c2ccc(C(C)(C)C)cc2)cc1.O=C(O)c1ccccc1.O=C(O)c1ccccc1.O=C(OC(C(F)(F)F)C(F)(F)S(=O)(=O)[O-])C12CC3CC(CC(C3)C1)C2.O=C(OC(C(F)(F)F)C(F)(F)S(=O)(=O)[O-])C12CC3CC(CC(C3)C1)C2.[Cu]. The molecule has 2 N–H and O–H groups in total. The van der Waals surface area contributed by atoms with Crippen molar-refractivity contribution in [2.45, 2.75) is 322 Å². The Labute approximate surface area is 786 Å². The third-order valence-electron chi connectivity index (χ3n) is 25.5. The Morgan fingerprint density at radius 2 is 0.677 bits per heavy atom. The molecule has 8 saturated carbocycles. The van der Waals surface area contributed by atoms with Crippen LogP contribution < -0.4 is 21.2 Å². The van der Waals surface area contributed by atoms with Gasteiger partial charge in [0, 0.05) is 64.1 Å². The van der Waals surface area contributed by atoms with Crippen LogP contribution in [0.1, 0.15) is 270 Å². The quantitative estimate of drug-likeness (QED) is 0.0187. The molecule has 0 spiro atoms. The number of aromatic carboxylic acids is 2. The van der Waals surface area contributed by atoms with Crippen LogP contribution >= 0.6 is 11.8 Å². The van der Waals surface area contributed by atoms with Gasteiger partial charge in [0.05, 0.1) is 32.8 Å². The Morgan fingerprint density at radius 1 is 0.408 bits per heavy atom. The molecule has 5 aromatic carbocycles. The van der Waals surface area contributed by atoms with E-state index < -0.39 is 95.4 Å². The van der Waals surface area contributed by atoms with E-state index in [0.29, 0.717) is 32.5 Å². The van der Waals surface area contributed by atoms with Gasteiger partial charge in [-0.25, -0.2) is 26.4 Å². The minimum atomic E-state index is -6.67. The summed E-state index contributed by atoms with van der Waals surface area (Å²) in [5.74, 6) is -4.01. The molecule has 17 rings (SSSR count). The number of carbonyl (C=O) groups excluding carboxylic acids is 4. The third-order valence-corrected chi connectivity index (χ3v) is 34.7. The van der Waals surface area contributed by atoms with Crippen molar-refractivity contribution >= 4 is 78.7 Å². The second kappa shape index (κ2) is 42.7. The fraction of sp³-hybridized carbons (Fsp3) is 0.625. The molecular formula is C96H123CuF10IO18S4. The number of hydrogen-bond donors (Lipinski definition) is 2. The average Bonchev–Trinajstić information content (AvgIpc) is 0.889. The molecule has 727 valence electrons. The maximum Gasteiger partial charge on any atom is 0.432 e. The Kier molecular flexibility index (Phi) is 35.9. The van der Waals surface area contributed by atoms with E-state index in [1.165, 1.54) is 54.4 Å². The van der Waals surface area contributed by atoms with Gasteiger partial charge in [0.1, 0.15) is 22.7 Å². The number of alkyl halides is 10. The molecule has 4 saturated heterocycles. The number of carboxylic acids is 2. The van der Waals surface area contributed by atoms with Crippen LogP contribution in [-0.4, -0.2) is 140 Å². The molecular weight excluding hydrogens is 1950 g/mol. The fourth-order valence-electron chi connectivity index (χ4n) is 19.6. The van der Waals surface area contributed by atoms with Crippen molar-refractivity contribution < 1.29 is 166 Å². The van der Waals surface area contributed by atoms with Crippen molar-refractivity contribution in [1.82, 2.24) is 0 Å². The monoisotopic (exact) mass is 2070 g/mol. The van der Waals surface area contributed by atoms with Gasteiger partial charge in [0.2, 0.25) is 0 Å². The van der Waals surface area contributed by atoms with Crippen molar-refractivity contribution in [3.63, 3.8) is 0 Å². The molecule has 12 bridgehead atoms. The molecule has 4 heterocycles. The number of ether oxygens (including phenoxy) is 4. The minimum Gasteiger partial charge on any atom is -0.743 e. The molecule has 6 atom stereocenters. The molecule has 130 heavy (non-hydrogen) atoms. The first kappa shape index (κ1) is 109. The van der Waals surface area contributed by atoms with E-state index in [1.807, 2.05) is 41.5 Å². The van der Waals surface area contributed by atoms with Gasteiger partial charge in [-0.3, -0.25) is 19.2 Å². The third kappa shape index (κ3) is 29.0. The van der Waals surface area contributed by atoms with Crippen LogP contribution in [0.3, 0.4) is 0 Å². The molecule has 8 aliphatic carbocycles. The van der Waals surface area contributed by atoms with E-state index in [1.54, 1.807) is 60.7 Å². The zero-order valence-corrected chi connectivity index (χ0v) is 82.3. The van der Waals surface area contributed by atoms with Gasteiger partial charge in [-0.1, -0.05) is 135 Å². The van der Waals surface area contributed by atoms with Crippen LogP contribution in [0, 0.1) is 64.3 Å². The molecule has 0 amide bonds. The summed E-state index contributed by atoms with van der Waals surface area (Å²) in [7, 11) is -13.0. The van der Waals surface area contributed by atoms with E-state index in [2.05, 4.69) is 156 Å². The van der Waals surface area contributed by atoms with Crippen LogP contribution in [0.4, 0.5) is 43.9 Å². The summed E-state index contributed by atoms with van der Waals surface area (Å²) < 4.78 is 217. The number of carboxylic acid groups (broad SMARTS) is 2. The summed E-state index contributed by atoms with van der Waals surface area (Å²) in [5, 5.41) is 8.08. The average molecular weight is 2070 g/mol. The van der Waals surface area contributed by atoms with Crippen LogP contribution in [-0.2, 0) is 103 Å². The van der Waals surface area contributed by atoms with Crippen LogP contribution in [0.2, 0.25) is 0 Å². The molecule has 6 unspecified atom stereocenters. The topological polar surface area (TPSA) is 294 Å². The van der Waals surface area contributed by atoms with E-state index in [4.69, 9.17) is 19.7 Å². The number of hydrogen-bond acceptors (Lipinski definition) is 17. The van der Waals surface area contributed by atoms with Crippen molar-refractivity contribution in [3.05, 3.63) is 168 Å². The van der Waals surface area contributed by atoms with Crippen molar-refractivity contribution in [3.8, 4) is 0 Å². The largest absolute Gasteiger partial charge is 0.743 e. The van der Waals surface area contributed by atoms with Gasteiger partial charge in [0.25, 0.3) is 12.2 Å². The first-order valence-corrected chi connectivity index (χ1v) is 51.1. The van der Waals surface area contributed by atoms with Gasteiger partial charge in [-0.15, -0.1) is 0 Å². The van der Waals surface area contributed by atoms with Crippen molar-refractivity contribution in [2.75, 3.05) is 0 Å². The summed E-state index contributed by atoms with van der Waals surface area (Å²) >= 11 is 2.03. The molecule has 4 aliphatic heterocycles. The Bertz CT molecular complexity index is 4580. The van der Waals surface area contributed by atoms with Crippen LogP contribution in [0.5, 0.6) is 0 Å². The number of halogens is 11. The second-order valence-electron chi connectivity index (χ2n) is 41.5. The summed E-state index contributed by atoms with van der Waals surface area (Å²) in [6, 6.07) is 44.3. The number of thioether (sulfide) groups is 1. The predicted molar refractivity (Wildman–Crippen MR) is 466 cm³/mol. The molecule has 12 fully saturated rings. The number of rotatable bonds is 15. The van der Waals surface area contributed by atoms with Gasteiger partial charge in [-0.05, 0) is 273 Å². The van der Waals surface area contributed by atoms with E-state index in [-0.39, 0.29) is 158 Å². The molecule has 12 aliphatic rings. The van der Waals surface area contributed by atoms with Crippen molar-refractivity contribution in [2.24, 2.45) is 57.2 Å². The zero-order valence-electron chi connectivity index (χ0n) is 75.9. The van der Waals surface area contributed by atoms with Gasteiger partial charge < -0.3 is 38.3 Å². The van der Waals surface area contributed by atoms with Crippen molar-refractivity contribution in [1.29, 1.82) is 0 Å². The molecule has 18 nitrogen and oxygen atoms in total. The Hall–Kier alpha value is -6.01. The maximum atomic E-state index is 13.5. The van der Waals surface area contributed by atoms with Gasteiger partial charge in [-0.2, -0.15) is 55.7 Å². The normalized spacial score (nSPS) is 27.0. The van der Waals surface area contributed by atoms with Gasteiger partial charge >= 0.3 is 79.9 Å². The van der Waals surface area contributed by atoms with Crippen LogP contribution in [0.15, 0.2) is 138 Å². The first-order chi connectivity index (χ1) is 59.3. The number of esters is 4. The van der Waals surface area contributed by atoms with E-state index in [9.17, 15) is 98.6 Å². The Balaban J connectivity index is 0.000000192. The number of benzene rings is 5.